The van der Waals surface area contributed by atoms with Gasteiger partial charge in [-0.1, -0.05) is 69.3 Å². The van der Waals surface area contributed by atoms with Gasteiger partial charge >= 0.3 is 0 Å². The van der Waals surface area contributed by atoms with E-state index < -0.39 is 0 Å². The maximum atomic E-state index is 5.83. The van der Waals surface area contributed by atoms with Crippen molar-refractivity contribution < 1.29 is 0 Å². The molecule has 0 saturated carbocycles. The summed E-state index contributed by atoms with van der Waals surface area (Å²) in [6, 6.07) is 16.4. The molecular formula is C20H22N8. The smallest absolute Gasteiger partial charge is 0.239 e. The molecule has 2 aromatic heterocycles. The third kappa shape index (κ3) is 3.48. The van der Waals surface area contributed by atoms with Gasteiger partial charge in [-0.2, -0.15) is 4.98 Å². The van der Waals surface area contributed by atoms with Crippen LogP contribution in [0.2, 0.25) is 0 Å². The van der Waals surface area contributed by atoms with Crippen LogP contribution in [-0.2, 0) is 12.0 Å². The van der Waals surface area contributed by atoms with E-state index in [2.05, 4.69) is 81.8 Å². The number of nitrogens with zero attached hydrogens (tertiary/aromatic N) is 6. The van der Waals surface area contributed by atoms with Crippen molar-refractivity contribution in [3.8, 4) is 22.5 Å². The van der Waals surface area contributed by atoms with Crippen molar-refractivity contribution in [2.45, 2.75) is 32.7 Å². The molecule has 0 aliphatic rings. The standard InChI is InChI=1S/C20H22N8/c1-20(2,3)18-22-19(21)25-28(18)12-13-8-10-14(11-9-13)15-6-4-5-7-16(15)17-23-26-27-24-17/h4-11H,12H2,1-3H3,(H2,21,25)(H,23,24,26,27). The SMILES string of the molecule is CC(C)(C)c1nc(N)nn1Cc1ccc(-c2ccccc2-c2nnn[nH]2)cc1. The Labute approximate surface area is 162 Å². The number of anilines is 1. The van der Waals surface area contributed by atoms with Crippen LogP contribution in [0.15, 0.2) is 48.5 Å². The molecule has 3 N–H and O–H groups in total. The number of nitrogen functional groups attached to an aromatic ring is 1. The molecule has 0 atom stereocenters. The Bertz CT molecular complexity index is 1070. The molecule has 0 fully saturated rings. The normalized spacial score (nSPS) is 11.7. The number of aromatic amines is 1. The zero-order chi connectivity index (χ0) is 19.7. The van der Waals surface area contributed by atoms with Crippen LogP contribution < -0.4 is 5.73 Å². The Morgan fingerprint density at radius 3 is 2.36 bits per heavy atom. The van der Waals surface area contributed by atoms with Gasteiger partial charge in [-0.15, -0.1) is 10.2 Å². The van der Waals surface area contributed by atoms with Crippen molar-refractivity contribution in [3.05, 3.63) is 59.9 Å². The minimum absolute atomic E-state index is 0.130. The number of tetrazole rings is 1. The van der Waals surface area contributed by atoms with Crippen molar-refractivity contribution in [1.29, 1.82) is 0 Å². The highest BCUT2D eigenvalue weighted by Gasteiger charge is 2.22. The molecule has 0 amide bonds. The molecule has 0 unspecified atom stereocenters. The number of hydrogen-bond acceptors (Lipinski definition) is 6. The number of hydrogen-bond donors (Lipinski definition) is 2. The molecule has 142 valence electrons. The van der Waals surface area contributed by atoms with Crippen molar-refractivity contribution in [2.75, 3.05) is 5.73 Å². The van der Waals surface area contributed by atoms with Crippen LogP contribution >= 0.6 is 0 Å². The van der Waals surface area contributed by atoms with Crippen molar-refractivity contribution >= 4 is 5.95 Å². The van der Waals surface area contributed by atoms with Gasteiger partial charge in [-0.05, 0) is 27.1 Å². The van der Waals surface area contributed by atoms with E-state index in [1.165, 1.54) is 0 Å². The molecule has 0 aliphatic carbocycles. The van der Waals surface area contributed by atoms with Crippen LogP contribution in [0.1, 0.15) is 32.2 Å². The van der Waals surface area contributed by atoms with Gasteiger partial charge < -0.3 is 5.73 Å². The van der Waals surface area contributed by atoms with Crippen LogP contribution in [0, 0.1) is 0 Å². The van der Waals surface area contributed by atoms with Gasteiger partial charge in [0.2, 0.25) is 5.95 Å². The Balaban J connectivity index is 1.63. The summed E-state index contributed by atoms with van der Waals surface area (Å²) in [4.78, 5) is 4.39. The van der Waals surface area contributed by atoms with E-state index in [0.717, 1.165) is 28.1 Å². The molecular weight excluding hydrogens is 352 g/mol. The highest BCUT2D eigenvalue weighted by atomic mass is 15.5. The van der Waals surface area contributed by atoms with Crippen LogP contribution in [-0.4, -0.2) is 35.4 Å². The van der Waals surface area contributed by atoms with Gasteiger partial charge in [0.25, 0.3) is 0 Å². The number of benzene rings is 2. The highest BCUT2D eigenvalue weighted by Crippen LogP contribution is 2.30. The predicted octanol–water partition coefficient (Wildman–Crippen LogP) is 3.05. The minimum atomic E-state index is -0.130. The van der Waals surface area contributed by atoms with E-state index in [9.17, 15) is 0 Å². The van der Waals surface area contributed by atoms with E-state index in [-0.39, 0.29) is 5.41 Å². The summed E-state index contributed by atoms with van der Waals surface area (Å²) < 4.78 is 1.87. The molecule has 28 heavy (non-hydrogen) atoms. The number of H-pyrrole nitrogens is 1. The topological polar surface area (TPSA) is 111 Å². The number of aromatic nitrogens is 7. The van der Waals surface area contributed by atoms with Crippen LogP contribution in [0.3, 0.4) is 0 Å². The van der Waals surface area contributed by atoms with Crippen molar-refractivity contribution in [1.82, 2.24) is 35.4 Å². The zero-order valence-corrected chi connectivity index (χ0v) is 16.1. The second-order valence-corrected chi connectivity index (χ2v) is 7.69. The first-order valence-electron chi connectivity index (χ1n) is 9.05. The lowest BCUT2D eigenvalue weighted by Gasteiger charge is -2.18. The number of nitrogens with one attached hydrogen (secondary N) is 1. The monoisotopic (exact) mass is 374 g/mol. The molecule has 4 rings (SSSR count). The molecule has 2 heterocycles. The highest BCUT2D eigenvalue weighted by molar-refractivity contribution is 5.80. The third-order valence-electron chi connectivity index (χ3n) is 4.48. The molecule has 2 aromatic carbocycles. The summed E-state index contributed by atoms with van der Waals surface area (Å²) >= 11 is 0. The van der Waals surface area contributed by atoms with E-state index >= 15 is 0 Å². The summed E-state index contributed by atoms with van der Waals surface area (Å²) in [5.74, 6) is 1.82. The Hall–Kier alpha value is -3.55. The van der Waals surface area contributed by atoms with Gasteiger partial charge in [0.1, 0.15) is 5.82 Å². The zero-order valence-electron chi connectivity index (χ0n) is 16.1. The van der Waals surface area contributed by atoms with E-state index in [1.54, 1.807) is 0 Å². The van der Waals surface area contributed by atoms with Gasteiger partial charge in [-0.25, -0.2) is 9.78 Å². The third-order valence-corrected chi connectivity index (χ3v) is 4.48. The van der Waals surface area contributed by atoms with Crippen molar-refractivity contribution in [2.24, 2.45) is 0 Å². The van der Waals surface area contributed by atoms with E-state index in [4.69, 9.17) is 5.73 Å². The molecule has 0 radical (unpaired) electrons. The average molecular weight is 374 g/mol. The van der Waals surface area contributed by atoms with E-state index in [1.807, 2.05) is 22.9 Å². The maximum Gasteiger partial charge on any atom is 0.239 e. The summed E-state index contributed by atoms with van der Waals surface area (Å²) in [7, 11) is 0. The lowest BCUT2D eigenvalue weighted by Crippen LogP contribution is -2.20. The number of rotatable bonds is 4. The molecule has 8 nitrogen and oxygen atoms in total. The molecule has 0 spiro atoms. The van der Waals surface area contributed by atoms with Gasteiger partial charge in [0.05, 0.1) is 6.54 Å². The molecule has 8 heteroatoms. The predicted molar refractivity (Wildman–Crippen MR) is 107 cm³/mol. The summed E-state index contributed by atoms with van der Waals surface area (Å²) in [5, 5.41) is 18.6. The molecule has 0 saturated heterocycles. The fraction of sp³-hybridized carbons (Fsp3) is 0.250. The summed E-state index contributed by atoms with van der Waals surface area (Å²) in [6.45, 7) is 6.92. The number of nitrogens with two attached hydrogens (primary N) is 1. The molecule has 4 aromatic rings. The molecule has 0 bridgehead atoms. The Morgan fingerprint density at radius 2 is 1.71 bits per heavy atom. The van der Waals surface area contributed by atoms with Gasteiger partial charge in [0.15, 0.2) is 5.82 Å². The van der Waals surface area contributed by atoms with Crippen molar-refractivity contribution in [3.63, 3.8) is 0 Å². The van der Waals surface area contributed by atoms with Gasteiger partial charge in [0, 0.05) is 11.0 Å². The average Bonchev–Trinajstić information content (AvgIpc) is 3.32. The Morgan fingerprint density at radius 1 is 1.00 bits per heavy atom. The summed E-state index contributed by atoms with van der Waals surface area (Å²) in [5.41, 5.74) is 9.93. The summed E-state index contributed by atoms with van der Waals surface area (Å²) in [6.07, 6.45) is 0. The first kappa shape index (κ1) is 17.8. The van der Waals surface area contributed by atoms with Crippen LogP contribution in [0.4, 0.5) is 5.95 Å². The maximum absolute atomic E-state index is 5.83. The molecule has 0 aliphatic heterocycles. The first-order chi connectivity index (χ1) is 13.4. The van der Waals surface area contributed by atoms with Gasteiger partial charge in [-0.3, -0.25) is 0 Å². The lowest BCUT2D eigenvalue weighted by atomic mass is 9.95. The quantitative estimate of drug-likeness (QED) is 0.568. The fourth-order valence-electron chi connectivity index (χ4n) is 3.20. The van der Waals surface area contributed by atoms with Crippen LogP contribution in [0.25, 0.3) is 22.5 Å². The fourth-order valence-corrected chi connectivity index (χ4v) is 3.20. The minimum Gasteiger partial charge on any atom is -0.366 e. The lowest BCUT2D eigenvalue weighted by molar-refractivity contribution is 0.491. The van der Waals surface area contributed by atoms with Crippen LogP contribution in [0.5, 0.6) is 0 Å². The Kier molecular flexibility index (Phi) is 4.38. The largest absolute Gasteiger partial charge is 0.366 e. The second kappa shape index (κ2) is 6.88. The van der Waals surface area contributed by atoms with E-state index in [0.29, 0.717) is 18.3 Å². The second-order valence-electron chi connectivity index (χ2n) is 7.69. The first-order valence-corrected chi connectivity index (χ1v) is 9.05.